The predicted octanol–water partition coefficient (Wildman–Crippen LogP) is 5.57. The first-order valence-electron chi connectivity index (χ1n) is 15.2. The molecule has 2 aromatic carbocycles. The number of carbonyl (C=O) groups is 3. The van der Waals surface area contributed by atoms with Crippen LogP contribution in [0.1, 0.15) is 52.0 Å². The van der Waals surface area contributed by atoms with Crippen LogP contribution in [0.4, 0.5) is 23.7 Å². The summed E-state index contributed by atoms with van der Waals surface area (Å²) in [5.74, 6) is -0.358. The molecule has 0 bridgehead atoms. The lowest BCUT2D eigenvalue weighted by Crippen LogP contribution is -2.36. The van der Waals surface area contributed by atoms with Gasteiger partial charge in [-0.25, -0.2) is 4.79 Å². The zero-order valence-electron chi connectivity index (χ0n) is 25.4. The van der Waals surface area contributed by atoms with E-state index in [1.54, 1.807) is 12.1 Å². The van der Waals surface area contributed by atoms with Crippen LogP contribution in [0.2, 0.25) is 0 Å². The number of halogens is 3. The van der Waals surface area contributed by atoms with E-state index in [0.717, 1.165) is 54.1 Å². The fourth-order valence-electron chi connectivity index (χ4n) is 5.88. The number of aromatic nitrogens is 1. The number of fused-ring (bicyclic) bond motifs is 1. The molecule has 244 valence electrons. The number of anilines is 1. The summed E-state index contributed by atoms with van der Waals surface area (Å²) in [6.07, 6.45) is -0.900. The molecule has 1 aliphatic carbocycles. The van der Waals surface area contributed by atoms with Gasteiger partial charge >= 0.3 is 12.3 Å². The Labute approximate surface area is 264 Å². The van der Waals surface area contributed by atoms with E-state index in [-0.39, 0.29) is 35.9 Å². The van der Waals surface area contributed by atoms with Crippen molar-refractivity contribution in [3.8, 4) is 11.5 Å². The van der Waals surface area contributed by atoms with Gasteiger partial charge in [0.1, 0.15) is 17.2 Å². The van der Waals surface area contributed by atoms with Gasteiger partial charge in [0, 0.05) is 50.6 Å². The van der Waals surface area contributed by atoms with Gasteiger partial charge in [-0.15, -0.1) is 0 Å². The largest absolute Gasteiger partial charge is 0.465 e. The third kappa shape index (κ3) is 8.33. The number of ether oxygens (including phenoxy) is 1. The molecule has 10 nitrogen and oxygen atoms in total. The average Bonchev–Trinajstić information content (AvgIpc) is 3.55. The van der Waals surface area contributed by atoms with Gasteiger partial charge in [0.2, 0.25) is 5.91 Å². The number of carboxylic acid groups (broad SMARTS) is 1. The second-order valence-corrected chi connectivity index (χ2v) is 11.6. The molecule has 1 saturated heterocycles. The number of pyridine rings is 1. The van der Waals surface area contributed by atoms with Crippen molar-refractivity contribution in [2.45, 2.75) is 44.8 Å². The molecule has 0 saturated carbocycles. The van der Waals surface area contributed by atoms with Crippen LogP contribution in [0.5, 0.6) is 11.5 Å². The Morgan fingerprint density at radius 1 is 1.04 bits per heavy atom. The minimum atomic E-state index is -4.69. The van der Waals surface area contributed by atoms with Crippen LogP contribution in [0.15, 0.2) is 54.7 Å². The fraction of sp³-hybridized carbons (Fsp3) is 0.394. The highest BCUT2D eigenvalue weighted by Gasteiger charge is 2.32. The van der Waals surface area contributed by atoms with E-state index in [1.165, 1.54) is 25.4 Å². The van der Waals surface area contributed by atoms with Crippen LogP contribution in [0.25, 0.3) is 0 Å². The van der Waals surface area contributed by atoms with Crippen LogP contribution >= 0.6 is 0 Å². The van der Waals surface area contributed by atoms with Gasteiger partial charge in [0.25, 0.3) is 5.91 Å². The molecule has 1 fully saturated rings. The minimum absolute atomic E-state index is 0.0350. The molecular weight excluding hydrogens is 603 g/mol. The number of hydrogen-bond acceptors (Lipinski definition) is 6. The van der Waals surface area contributed by atoms with Crippen molar-refractivity contribution < 1.29 is 37.4 Å². The van der Waals surface area contributed by atoms with Gasteiger partial charge in [-0.1, -0.05) is 6.07 Å². The number of carbonyl (C=O) groups excluding carboxylic acids is 2. The third-order valence-electron chi connectivity index (χ3n) is 8.32. The summed E-state index contributed by atoms with van der Waals surface area (Å²) < 4.78 is 47.5. The van der Waals surface area contributed by atoms with E-state index < -0.39 is 29.7 Å². The fourth-order valence-corrected chi connectivity index (χ4v) is 5.88. The molecule has 3 N–H and O–H groups in total. The summed E-state index contributed by atoms with van der Waals surface area (Å²) in [6.45, 7) is 2.18. The van der Waals surface area contributed by atoms with Gasteiger partial charge in [-0.05, 0) is 98.3 Å². The Hall–Kier alpha value is -4.65. The maximum absolute atomic E-state index is 13.8. The third-order valence-corrected chi connectivity index (χ3v) is 8.32. The van der Waals surface area contributed by atoms with Crippen molar-refractivity contribution in [2.75, 3.05) is 38.5 Å². The van der Waals surface area contributed by atoms with Gasteiger partial charge in [-0.3, -0.25) is 14.6 Å². The maximum atomic E-state index is 13.8. The standard InChI is InChI=1S/C33H36F3N5O5/c1-37-31(43)29-19-28(8-9-38-29)46-27-7-6-22-4-5-23(16-24(22)17-27)30(42)39-26-15-21(14-25(18-26)33(34,35)36)20-41(32(44)45)13-12-40-10-2-3-11-40/h6-9,14-15,17-19,23H,2-5,10-13,16,20H2,1H3,(H,37,43)(H,39,42)(H,44,45). The van der Waals surface area contributed by atoms with Crippen LogP contribution < -0.4 is 15.4 Å². The second-order valence-electron chi connectivity index (χ2n) is 11.6. The Morgan fingerprint density at radius 3 is 2.52 bits per heavy atom. The first-order chi connectivity index (χ1) is 22.0. The number of amides is 3. The molecule has 3 amide bonds. The predicted molar refractivity (Wildman–Crippen MR) is 164 cm³/mol. The average molecular weight is 640 g/mol. The van der Waals surface area contributed by atoms with Crippen LogP contribution in [-0.2, 0) is 30.4 Å². The Bertz CT molecular complexity index is 1590. The van der Waals surface area contributed by atoms with Crippen molar-refractivity contribution in [3.63, 3.8) is 0 Å². The van der Waals surface area contributed by atoms with Gasteiger partial charge in [0.05, 0.1) is 5.56 Å². The Kier molecular flexibility index (Phi) is 10.1. The Balaban J connectivity index is 1.28. The highest BCUT2D eigenvalue weighted by Crippen LogP contribution is 2.34. The van der Waals surface area contributed by atoms with Gasteiger partial charge < -0.3 is 30.3 Å². The highest BCUT2D eigenvalue weighted by atomic mass is 19.4. The quantitative estimate of drug-likeness (QED) is 0.265. The molecule has 3 aromatic rings. The summed E-state index contributed by atoms with van der Waals surface area (Å²) in [6, 6.07) is 11.9. The molecule has 0 spiro atoms. The van der Waals surface area contributed by atoms with E-state index in [9.17, 15) is 32.7 Å². The number of benzene rings is 2. The van der Waals surface area contributed by atoms with Crippen molar-refractivity contribution in [2.24, 2.45) is 5.92 Å². The highest BCUT2D eigenvalue weighted by molar-refractivity contribution is 5.93. The number of nitrogens with one attached hydrogen (secondary N) is 2. The molecule has 1 unspecified atom stereocenters. The second kappa shape index (κ2) is 14.2. The zero-order chi connectivity index (χ0) is 32.8. The van der Waals surface area contributed by atoms with Crippen molar-refractivity contribution >= 4 is 23.6 Å². The maximum Gasteiger partial charge on any atom is 0.416 e. The number of nitrogens with zero attached hydrogens (tertiary/aromatic N) is 3. The molecule has 46 heavy (non-hydrogen) atoms. The molecule has 0 radical (unpaired) electrons. The summed E-state index contributed by atoms with van der Waals surface area (Å²) in [4.78, 5) is 44.5. The lowest BCUT2D eigenvalue weighted by molar-refractivity contribution is -0.137. The zero-order valence-corrected chi connectivity index (χ0v) is 25.4. The van der Waals surface area contributed by atoms with Crippen LogP contribution in [-0.4, -0.2) is 71.0 Å². The van der Waals surface area contributed by atoms with Gasteiger partial charge in [0.15, 0.2) is 0 Å². The van der Waals surface area contributed by atoms with Crippen molar-refractivity contribution in [1.29, 1.82) is 0 Å². The molecule has 1 aliphatic heterocycles. The molecule has 1 aromatic heterocycles. The van der Waals surface area contributed by atoms with E-state index in [2.05, 4.69) is 20.5 Å². The molecule has 2 aliphatic rings. The summed E-state index contributed by atoms with van der Waals surface area (Å²) in [5.41, 5.74) is 1.26. The molecule has 1 atom stereocenters. The molecule has 13 heteroatoms. The first-order valence-corrected chi connectivity index (χ1v) is 15.2. The first kappa shape index (κ1) is 32.7. The summed E-state index contributed by atoms with van der Waals surface area (Å²) in [5, 5.41) is 14.9. The van der Waals surface area contributed by atoms with Crippen molar-refractivity contribution in [1.82, 2.24) is 20.1 Å². The number of alkyl halides is 3. The molecule has 2 heterocycles. The lowest BCUT2D eigenvalue weighted by Gasteiger charge is -2.25. The summed E-state index contributed by atoms with van der Waals surface area (Å²) >= 11 is 0. The summed E-state index contributed by atoms with van der Waals surface area (Å²) in [7, 11) is 1.50. The SMILES string of the molecule is CNC(=O)c1cc(Oc2ccc3c(c2)CC(C(=O)Nc2cc(CN(CCN4CCCC4)C(=O)O)cc(C(F)(F)F)c2)CC3)ccn1. The molecular formula is C33H36F3N5O5. The number of likely N-dealkylation sites (tertiary alicyclic amines) is 1. The lowest BCUT2D eigenvalue weighted by atomic mass is 9.83. The minimum Gasteiger partial charge on any atom is -0.465 e. The van der Waals surface area contributed by atoms with Crippen molar-refractivity contribution in [3.05, 3.63) is 82.7 Å². The van der Waals surface area contributed by atoms with E-state index in [4.69, 9.17) is 4.74 Å². The number of rotatable bonds is 10. The van der Waals surface area contributed by atoms with E-state index in [0.29, 0.717) is 37.3 Å². The monoisotopic (exact) mass is 639 g/mol. The smallest absolute Gasteiger partial charge is 0.416 e. The number of hydrogen-bond donors (Lipinski definition) is 3. The molecule has 5 rings (SSSR count). The topological polar surface area (TPSA) is 124 Å². The van der Waals surface area contributed by atoms with E-state index >= 15 is 0 Å². The Morgan fingerprint density at radius 2 is 1.80 bits per heavy atom. The van der Waals surface area contributed by atoms with Gasteiger partial charge in [-0.2, -0.15) is 13.2 Å². The van der Waals surface area contributed by atoms with Crippen LogP contribution in [0, 0.1) is 5.92 Å². The normalized spacial score (nSPS) is 16.4. The van der Waals surface area contributed by atoms with E-state index in [1.807, 2.05) is 12.1 Å². The number of aryl methyl sites for hydroxylation is 1. The van der Waals surface area contributed by atoms with Crippen LogP contribution in [0.3, 0.4) is 0 Å².